The van der Waals surface area contributed by atoms with E-state index in [4.69, 9.17) is 11.5 Å². The van der Waals surface area contributed by atoms with E-state index in [0.29, 0.717) is 12.3 Å². The fourth-order valence-electron chi connectivity index (χ4n) is 2.98. The van der Waals surface area contributed by atoms with E-state index in [0.717, 1.165) is 29.7 Å². The molecule has 0 saturated carbocycles. The fraction of sp³-hybridized carbons (Fsp3) is 0.643. The molecule has 4 nitrogen and oxygen atoms in total. The van der Waals surface area contributed by atoms with Crippen LogP contribution in [0.5, 0.6) is 0 Å². The minimum Gasteiger partial charge on any atom is -0.370 e. The van der Waals surface area contributed by atoms with Gasteiger partial charge in [0.1, 0.15) is 0 Å². The van der Waals surface area contributed by atoms with Crippen molar-refractivity contribution in [3.8, 4) is 0 Å². The van der Waals surface area contributed by atoms with E-state index in [1.54, 1.807) is 11.3 Å². The van der Waals surface area contributed by atoms with Gasteiger partial charge in [0.15, 0.2) is 0 Å². The number of rotatable bonds is 5. The lowest BCUT2D eigenvalue weighted by molar-refractivity contribution is -0.119. The molecule has 0 aliphatic carbocycles. The van der Waals surface area contributed by atoms with E-state index in [1.807, 2.05) is 0 Å². The van der Waals surface area contributed by atoms with Gasteiger partial charge in [0.25, 0.3) is 0 Å². The first-order valence-corrected chi connectivity index (χ1v) is 8.61. The Bertz CT molecular complexity index is 455. The van der Waals surface area contributed by atoms with Gasteiger partial charge in [-0.15, -0.1) is 11.3 Å². The Hall–Kier alpha value is -0.430. The highest BCUT2D eigenvalue weighted by Crippen LogP contribution is 2.35. The Labute approximate surface area is 132 Å². The van der Waals surface area contributed by atoms with Crippen LogP contribution < -0.4 is 11.5 Å². The highest BCUT2D eigenvalue weighted by Gasteiger charge is 2.29. The summed E-state index contributed by atoms with van der Waals surface area (Å²) < 4.78 is 1.14. The van der Waals surface area contributed by atoms with E-state index in [9.17, 15) is 4.79 Å². The number of nitrogens with zero attached hydrogens (tertiary/aromatic N) is 1. The van der Waals surface area contributed by atoms with Crippen LogP contribution in [-0.4, -0.2) is 29.9 Å². The molecule has 1 aliphatic rings. The van der Waals surface area contributed by atoms with E-state index >= 15 is 0 Å². The average molecular weight is 360 g/mol. The third-order valence-electron chi connectivity index (χ3n) is 3.92. The van der Waals surface area contributed by atoms with Crippen LogP contribution in [0.15, 0.2) is 15.9 Å². The molecule has 0 spiro atoms. The second-order valence-electron chi connectivity index (χ2n) is 5.60. The highest BCUT2D eigenvalue weighted by molar-refractivity contribution is 9.11. The topological polar surface area (TPSA) is 72.3 Å². The molecule has 6 heteroatoms. The summed E-state index contributed by atoms with van der Waals surface area (Å²) in [5.74, 6) is 0.252. The predicted molar refractivity (Wildman–Crippen MR) is 86.5 cm³/mol. The Morgan fingerprint density at radius 2 is 2.15 bits per heavy atom. The number of carbonyl (C=O) groups is 1. The Morgan fingerprint density at radius 3 is 2.60 bits per heavy atom. The third kappa shape index (κ3) is 4.04. The van der Waals surface area contributed by atoms with Crippen LogP contribution in [-0.2, 0) is 4.79 Å². The first kappa shape index (κ1) is 15.9. The average Bonchev–Trinajstić information content (AvgIpc) is 2.77. The molecule has 1 aromatic heterocycles. The molecular weight excluding hydrogens is 338 g/mol. The standard InChI is InChI=1S/C14H22BrN3OS/c1-9(16)14(11-2-3-12(15)20-11)18-6-4-10(5-7-18)8-13(17)19/h2-3,9-10,14H,4-8,16H2,1H3,(H2,17,19). The van der Waals surface area contributed by atoms with Gasteiger partial charge < -0.3 is 11.5 Å². The predicted octanol–water partition coefficient (Wildman–Crippen LogP) is 2.49. The zero-order valence-electron chi connectivity index (χ0n) is 11.7. The summed E-state index contributed by atoms with van der Waals surface area (Å²) in [6.45, 7) is 4.03. The molecule has 20 heavy (non-hydrogen) atoms. The van der Waals surface area contributed by atoms with Crippen molar-refractivity contribution in [3.63, 3.8) is 0 Å². The van der Waals surface area contributed by atoms with E-state index in [-0.39, 0.29) is 18.0 Å². The molecule has 2 rings (SSSR count). The van der Waals surface area contributed by atoms with Gasteiger partial charge in [0, 0.05) is 17.3 Å². The number of carbonyl (C=O) groups excluding carboxylic acids is 1. The normalized spacial score (nSPS) is 20.8. The van der Waals surface area contributed by atoms with Crippen molar-refractivity contribution in [2.24, 2.45) is 17.4 Å². The zero-order chi connectivity index (χ0) is 14.7. The molecule has 2 heterocycles. The summed E-state index contributed by atoms with van der Waals surface area (Å²) in [6.07, 6.45) is 2.57. The quantitative estimate of drug-likeness (QED) is 0.847. The highest BCUT2D eigenvalue weighted by atomic mass is 79.9. The first-order valence-electron chi connectivity index (χ1n) is 7.00. The van der Waals surface area contributed by atoms with Crippen LogP contribution in [0.25, 0.3) is 0 Å². The lowest BCUT2D eigenvalue weighted by Gasteiger charge is -2.38. The second-order valence-corrected chi connectivity index (χ2v) is 8.09. The number of thiophene rings is 1. The molecule has 1 fully saturated rings. The summed E-state index contributed by atoms with van der Waals surface area (Å²) >= 11 is 5.27. The van der Waals surface area contributed by atoms with Gasteiger partial charge in [0.05, 0.1) is 9.83 Å². The second kappa shape index (κ2) is 7.02. The van der Waals surface area contributed by atoms with Gasteiger partial charge in [-0.3, -0.25) is 9.69 Å². The summed E-state index contributed by atoms with van der Waals surface area (Å²) in [4.78, 5) is 14.8. The molecule has 1 aliphatic heterocycles. The maximum Gasteiger partial charge on any atom is 0.217 e. The SMILES string of the molecule is CC(N)C(c1ccc(Br)s1)N1CCC(CC(N)=O)CC1. The van der Waals surface area contributed by atoms with Gasteiger partial charge in [-0.1, -0.05) is 0 Å². The maximum atomic E-state index is 11.0. The van der Waals surface area contributed by atoms with Gasteiger partial charge in [-0.25, -0.2) is 0 Å². The number of likely N-dealkylation sites (tertiary alicyclic amines) is 1. The first-order chi connectivity index (χ1) is 9.47. The third-order valence-corrected chi connectivity index (χ3v) is 5.61. The number of hydrogen-bond acceptors (Lipinski definition) is 4. The molecule has 4 N–H and O–H groups in total. The van der Waals surface area contributed by atoms with E-state index < -0.39 is 0 Å². The summed E-state index contributed by atoms with van der Waals surface area (Å²) in [5, 5.41) is 0. The molecule has 0 aromatic carbocycles. The van der Waals surface area contributed by atoms with Crippen molar-refractivity contribution in [3.05, 3.63) is 20.8 Å². The maximum absolute atomic E-state index is 11.0. The molecular formula is C14H22BrN3OS. The fourth-order valence-corrected chi connectivity index (χ4v) is 4.65. The van der Waals surface area contributed by atoms with Gasteiger partial charge in [-0.2, -0.15) is 0 Å². The minimum atomic E-state index is -0.186. The Morgan fingerprint density at radius 1 is 1.50 bits per heavy atom. The summed E-state index contributed by atoms with van der Waals surface area (Å²) in [6, 6.07) is 4.59. The minimum absolute atomic E-state index is 0.0910. The lowest BCUT2D eigenvalue weighted by Crippen LogP contribution is -2.43. The number of primary amides is 1. The largest absolute Gasteiger partial charge is 0.370 e. The number of amides is 1. The monoisotopic (exact) mass is 359 g/mol. The number of hydrogen-bond donors (Lipinski definition) is 2. The van der Waals surface area contributed by atoms with Crippen LogP contribution in [0.2, 0.25) is 0 Å². The van der Waals surface area contributed by atoms with Crippen molar-refractivity contribution >= 4 is 33.2 Å². The molecule has 1 aromatic rings. The molecule has 0 radical (unpaired) electrons. The number of piperidine rings is 1. The summed E-state index contributed by atoms with van der Waals surface area (Å²) in [5.41, 5.74) is 11.5. The Balaban J connectivity index is 2.00. The van der Waals surface area contributed by atoms with Crippen molar-refractivity contribution < 1.29 is 4.79 Å². The number of halogens is 1. The van der Waals surface area contributed by atoms with Crippen molar-refractivity contribution in [2.75, 3.05) is 13.1 Å². The van der Waals surface area contributed by atoms with Crippen molar-refractivity contribution in [2.45, 2.75) is 38.3 Å². The van der Waals surface area contributed by atoms with Crippen LogP contribution in [0.3, 0.4) is 0 Å². The molecule has 1 amide bonds. The Kier molecular flexibility index (Phi) is 5.60. The molecule has 2 unspecified atom stereocenters. The van der Waals surface area contributed by atoms with Crippen LogP contribution in [0.1, 0.15) is 37.1 Å². The molecule has 0 bridgehead atoms. The van der Waals surface area contributed by atoms with E-state index in [1.165, 1.54) is 4.88 Å². The smallest absolute Gasteiger partial charge is 0.217 e. The van der Waals surface area contributed by atoms with Gasteiger partial charge >= 0.3 is 0 Å². The van der Waals surface area contributed by atoms with Crippen LogP contribution in [0, 0.1) is 5.92 Å². The lowest BCUT2D eigenvalue weighted by atomic mass is 9.91. The van der Waals surface area contributed by atoms with Crippen LogP contribution >= 0.6 is 27.3 Å². The molecule has 112 valence electrons. The zero-order valence-corrected chi connectivity index (χ0v) is 14.1. The molecule has 1 saturated heterocycles. The molecule has 2 atom stereocenters. The van der Waals surface area contributed by atoms with E-state index in [2.05, 4.69) is 39.9 Å². The number of nitrogens with two attached hydrogens (primary N) is 2. The van der Waals surface area contributed by atoms with Crippen molar-refractivity contribution in [1.29, 1.82) is 0 Å². The van der Waals surface area contributed by atoms with Gasteiger partial charge in [0.2, 0.25) is 5.91 Å². The van der Waals surface area contributed by atoms with Gasteiger partial charge in [-0.05, 0) is 66.8 Å². The summed E-state index contributed by atoms with van der Waals surface area (Å²) in [7, 11) is 0. The van der Waals surface area contributed by atoms with Crippen LogP contribution in [0.4, 0.5) is 0 Å². The van der Waals surface area contributed by atoms with Crippen molar-refractivity contribution in [1.82, 2.24) is 4.90 Å².